The molecule has 1 saturated carbocycles. The Bertz CT molecular complexity index is 960. The molecule has 4 rings (SSSR count). The van der Waals surface area contributed by atoms with Crippen LogP contribution < -0.4 is 16.0 Å². The zero-order valence-corrected chi connectivity index (χ0v) is 17.0. The van der Waals surface area contributed by atoms with Gasteiger partial charge in [-0.25, -0.2) is 9.97 Å². The number of fused-ring (bicyclic) bond motifs is 1. The molecule has 1 aliphatic carbocycles. The standard InChI is InChI=1S/C20H26ClN7/c1-27(2)19-23-12-17-18(26-19)28(16-8-6-13(11-22)7-9-16)20(25-17)24-15-5-3-4-14(21)10-15/h3-5,10,12-13,16H,6-9,11,22H2,1-2H3,(H,24,25). The molecule has 0 spiro atoms. The molecule has 1 fully saturated rings. The van der Waals surface area contributed by atoms with Crippen LogP contribution in [0.25, 0.3) is 11.2 Å². The van der Waals surface area contributed by atoms with Gasteiger partial charge in [0.25, 0.3) is 0 Å². The van der Waals surface area contributed by atoms with Crippen LogP contribution in [0, 0.1) is 5.92 Å². The summed E-state index contributed by atoms with van der Waals surface area (Å²) in [5, 5.41) is 4.12. The Hall–Kier alpha value is -2.38. The average Bonchev–Trinajstić information content (AvgIpc) is 3.05. The summed E-state index contributed by atoms with van der Waals surface area (Å²) in [7, 11) is 3.89. The Morgan fingerprint density at radius 2 is 2.00 bits per heavy atom. The van der Waals surface area contributed by atoms with E-state index in [2.05, 4.69) is 14.9 Å². The van der Waals surface area contributed by atoms with Crippen molar-refractivity contribution in [1.29, 1.82) is 0 Å². The lowest BCUT2D eigenvalue weighted by atomic mass is 9.86. The number of hydrogen-bond donors (Lipinski definition) is 2. The van der Waals surface area contributed by atoms with Crippen molar-refractivity contribution in [2.75, 3.05) is 30.9 Å². The number of nitrogens with one attached hydrogen (secondary N) is 1. The first-order chi connectivity index (χ1) is 13.5. The molecule has 0 aliphatic heterocycles. The second kappa shape index (κ2) is 7.93. The molecule has 2 heterocycles. The number of benzene rings is 1. The normalized spacial score (nSPS) is 19.7. The lowest BCUT2D eigenvalue weighted by molar-refractivity contribution is 0.284. The van der Waals surface area contributed by atoms with E-state index in [4.69, 9.17) is 27.3 Å². The van der Waals surface area contributed by atoms with Gasteiger partial charge in [-0.05, 0) is 56.3 Å². The van der Waals surface area contributed by atoms with E-state index in [-0.39, 0.29) is 0 Å². The van der Waals surface area contributed by atoms with Crippen LogP contribution in [-0.4, -0.2) is 40.2 Å². The molecule has 0 saturated heterocycles. The fourth-order valence-corrected chi connectivity index (χ4v) is 4.06. The second-order valence-corrected chi connectivity index (χ2v) is 8.06. The quantitative estimate of drug-likeness (QED) is 0.675. The van der Waals surface area contributed by atoms with Crippen LogP contribution >= 0.6 is 11.6 Å². The first kappa shape index (κ1) is 19.0. The number of halogens is 1. The van der Waals surface area contributed by atoms with Gasteiger partial charge in [0.2, 0.25) is 11.9 Å². The fourth-order valence-electron chi connectivity index (χ4n) is 3.87. The van der Waals surface area contributed by atoms with Gasteiger partial charge in [0, 0.05) is 30.8 Å². The highest BCUT2D eigenvalue weighted by Crippen LogP contribution is 2.36. The molecule has 2 aromatic heterocycles. The lowest BCUT2D eigenvalue weighted by Crippen LogP contribution is -2.24. The minimum Gasteiger partial charge on any atom is -0.347 e. The summed E-state index contributed by atoms with van der Waals surface area (Å²) in [5.41, 5.74) is 8.44. The summed E-state index contributed by atoms with van der Waals surface area (Å²) in [6, 6.07) is 8.00. The molecule has 3 aromatic rings. The molecule has 7 nitrogen and oxygen atoms in total. The van der Waals surface area contributed by atoms with Gasteiger partial charge < -0.3 is 16.0 Å². The van der Waals surface area contributed by atoms with Crippen molar-refractivity contribution in [1.82, 2.24) is 19.5 Å². The van der Waals surface area contributed by atoms with Crippen LogP contribution in [0.15, 0.2) is 30.5 Å². The van der Waals surface area contributed by atoms with Gasteiger partial charge >= 0.3 is 0 Å². The number of anilines is 3. The van der Waals surface area contributed by atoms with E-state index in [1.807, 2.05) is 43.3 Å². The van der Waals surface area contributed by atoms with Gasteiger partial charge in [0.1, 0.15) is 5.52 Å². The topological polar surface area (TPSA) is 84.9 Å². The summed E-state index contributed by atoms with van der Waals surface area (Å²) >= 11 is 6.16. The first-order valence-corrected chi connectivity index (χ1v) is 10.1. The number of nitrogens with zero attached hydrogens (tertiary/aromatic N) is 5. The van der Waals surface area contributed by atoms with Crippen molar-refractivity contribution in [2.24, 2.45) is 11.7 Å². The predicted molar refractivity (Wildman–Crippen MR) is 114 cm³/mol. The Labute approximate surface area is 169 Å². The molecule has 3 N–H and O–H groups in total. The van der Waals surface area contributed by atoms with Gasteiger partial charge in [0.15, 0.2) is 5.65 Å². The van der Waals surface area contributed by atoms with Crippen LogP contribution in [-0.2, 0) is 0 Å². The van der Waals surface area contributed by atoms with Crippen molar-refractivity contribution >= 4 is 40.3 Å². The van der Waals surface area contributed by atoms with Crippen molar-refractivity contribution in [2.45, 2.75) is 31.7 Å². The van der Waals surface area contributed by atoms with E-state index in [0.29, 0.717) is 22.9 Å². The van der Waals surface area contributed by atoms with Crippen molar-refractivity contribution in [3.63, 3.8) is 0 Å². The minimum absolute atomic E-state index is 0.333. The maximum absolute atomic E-state index is 6.16. The van der Waals surface area contributed by atoms with E-state index in [9.17, 15) is 0 Å². The molecule has 148 valence electrons. The Kier molecular flexibility index (Phi) is 5.37. The third kappa shape index (κ3) is 3.77. The highest BCUT2D eigenvalue weighted by molar-refractivity contribution is 6.30. The van der Waals surface area contributed by atoms with Crippen LogP contribution in [0.4, 0.5) is 17.6 Å². The SMILES string of the molecule is CN(C)c1ncc2nc(Nc3cccc(Cl)c3)n(C3CCC(CN)CC3)c2n1. The van der Waals surface area contributed by atoms with Crippen LogP contribution in [0.1, 0.15) is 31.7 Å². The van der Waals surface area contributed by atoms with Gasteiger partial charge in [-0.3, -0.25) is 4.57 Å². The van der Waals surface area contributed by atoms with E-state index in [1.165, 1.54) is 0 Å². The van der Waals surface area contributed by atoms with Crippen molar-refractivity contribution in [3.05, 3.63) is 35.5 Å². The van der Waals surface area contributed by atoms with Gasteiger partial charge in [-0.2, -0.15) is 4.98 Å². The maximum Gasteiger partial charge on any atom is 0.226 e. The lowest BCUT2D eigenvalue weighted by Gasteiger charge is -2.29. The van der Waals surface area contributed by atoms with Gasteiger partial charge in [-0.1, -0.05) is 17.7 Å². The number of aromatic nitrogens is 4. The summed E-state index contributed by atoms with van der Waals surface area (Å²) in [5.74, 6) is 2.07. The van der Waals surface area contributed by atoms with Crippen LogP contribution in [0.3, 0.4) is 0 Å². The van der Waals surface area contributed by atoms with Crippen molar-refractivity contribution < 1.29 is 0 Å². The number of hydrogen-bond acceptors (Lipinski definition) is 6. The molecule has 0 radical (unpaired) electrons. The largest absolute Gasteiger partial charge is 0.347 e. The molecular weight excluding hydrogens is 374 g/mol. The summed E-state index contributed by atoms with van der Waals surface area (Å²) in [6.07, 6.45) is 6.19. The highest BCUT2D eigenvalue weighted by atomic mass is 35.5. The van der Waals surface area contributed by atoms with E-state index < -0.39 is 0 Å². The molecule has 0 bridgehead atoms. The summed E-state index contributed by atoms with van der Waals surface area (Å²) in [6.45, 7) is 0.762. The van der Waals surface area contributed by atoms with Gasteiger partial charge in [0.05, 0.1) is 6.20 Å². The minimum atomic E-state index is 0.333. The van der Waals surface area contributed by atoms with Gasteiger partial charge in [-0.15, -0.1) is 0 Å². The zero-order valence-electron chi connectivity index (χ0n) is 16.3. The van der Waals surface area contributed by atoms with E-state index >= 15 is 0 Å². The fraction of sp³-hybridized carbons (Fsp3) is 0.450. The Morgan fingerprint density at radius 1 is 1.21 bits per heavy atom. The average molecular weight is 400 g/mol. The number of rotatable bonds is 5. The highest BCUT2D eigenvalue weighted by Gasteiger charge is 2.26. The molecule has 0 amide bonds. The predicted octanol–water partition coefficient (Wildman–Crippen LogP) is 3.98. The van der Waals surface area contributed by atoms with Crippen molar-refractivity contribution in [3.8, 4) is 0 Å². The molecule has 28 heavy (non-hydrogen) atoms. The molecule has 0 atom stereocenters. The number of imidazole rings is 1. The third-order valence-corrected chi connectivity index (χ3v) is 5.65. The second-order valence-electron chi connectivity index (χ2n) is 7.62. The first-order valence-electron chi connectivity index (χ1n) is 9.70. The summed E-state index contributed by atoms with van der Waals surface area (Å²) < 4.78 is 2.23. The van der Waals surface area contributed by atoms with E-state index in [1.54, 1.807) is 6.20 Å². The smallest absolute Gasteiger partial charge is 0.226 e. The maximum atomic E-state index is 6.16. The third-order valence-electron chi connectivity index (χ3n) is 5.42. The zero-order chi connectivity index (χ0) is 19.7. The molecule has 1 aromatic carbocycles. The molecular formula is C20H26ClN7. The van der Waals surface area contributed by atoms with Crippen LogP contribution in [0.5, 0.6) is 0 Å². The number of nitrogens with two attached hydrogens (primary N) is 1. The molecule has 1 aliphatic rings. The molecule has 8 heteroatoms. The summed E-state index contributed by atoms with van der Waals surface area (Å²) in [4.78, 5) is 15.9. The van der Waals surface area contributed by atoms with E-state index in [0.717, 1.165) is 55.0 Å². The Balaban J connectivity index is 1.77. The Morgan fingerprint density at radius 3 is 2.68 bits per heavy atom. The van der Waals surface area contributed by atoms with Crippen LogP contribution in [0.2, 0.25) is 5.02 Å². The monoisotopic (exact) mass is 399 g/mol. The molecule has 0 unspecified atom stereocenters.